The zero-order valence-electron chi connectivity index (χ0n) is 13.4. The molecule has 0 radical (unpaired) electrons. The highest BCUT2D eigenvalue weighted by Gasteiger charge is 2.41. The Balaban J connectivity index is 0.00000225. The summed E-state index contributed by atoms with van der Waals surface area (Å²) in [5.74, 6) is 5.06. The van der Waals surface area contributed by atoms with Gasteiger partial charge in [-0.15, -0.1) is 12.4 Å². The fourth-order valence-electron chi connectivity index (χ4n) is 2.51. The third kappa shape index (κ3) is 3.42. The van der Waals surface area contributed by atoms with Crippen molar-refractivity contribution < 1.29 is 12.8 Å². The van der Waals surface area contributed by atoms with Crippen molar-refractivity contribution in [3.63, 3.8) is 0 Å². The van der Waals surface area contributed by atoms with Gasteiger partial charge in [-0.1, -0.05) is 36.1 Å². The molecule has 25 heavy (non-hydrogen) atoms. The van der Waals surface area contributed by atoms with Gasteiger partial charge in [-0.25, -0.2) is 13.0 Å². The van der Waals surface area contributed by atoms with Crippen LogP contribution in [0.15, 0.2) is 48.5 Å². The number of rotatable bonds is 3. The van der Waals surface area contributed by atoms with Crippen LogP contribution in [-0.4, -0.2) is 28.6 Å². The molecule has 0 saturated heterocycles. The van der Waals surface area contributed by atoms with E-state index in [0.29, 0.717) is 17.9 Å². The van der Waals surface area contributed by atoms with Crippen molar-refractivity contribution in [3.05, 3.63) is 54.3 Å². The van der Waals surface area contributed by atoms with Crippen molar-refractivity contribution >= 4 is 39.7 Å². The normalized spacial score (nSPS) is 14.3. The molecule has 0 spiro atoms. The lowest BCUT2D eigenvalue weighted by Crippen LogP contribution is -2.36. The third-order valence-corrected chi connectivity index (χ3v) is 5.30. The van der Waals surface area contributed by atoms with Crippen LogP contribution in [0.4, 0.5) is 21.5 Å². The molecule has 2 aromatic carbocycles. The van der Waals surface area contributed by atoms with E-state index in [1.54, 1.807) is 37.4 Å². The summed E-state index contributed by atoms with van der Waals surface area (Å²) < 4.78 is 42.4. The lowest BCUT2D eigenvalue weighted by molar-refractivity contribution is 0.592. The molecule has 0 atom stereocenters. The number of hydrogen-bond donors (Lipinski definition) is 1. The number of benzene rings is 2. The smallest absolute Gasteiger partial charge is 0.309 e. The van der Waals surface area contributed by atoms with E-state index in [1.165, 1.54) is 22.5 Å². The van der Waals surface area contributed by atoms with Gasteiger partial charge in [0.25, 0.3) is 0 Å². The van der Waals surface area contributed by atoms with Crippen LogP contribution in [0.5, 0.6) is 0 Å². The number of nitrogens with zero attached hydrogens (tertiary/aromatic N) is 2. The Morgan fingerprint density at radius 2 is 1.60 bits per heavy atom. The number of para-hydroxylation sites is 3. The van der Waals surface area contributed by atoms with Gasteiger partial charge in [0.05, 0.1) is 30.2 Å². The molecule has 5 nitrogen and oxygen atoms in total. The first kappa shape index (κ1) is 19.1. The molecule has 0 fully saturated rings. The van der Waals surface area contributed by atoms with Crippen LogP contribution in [-0.2, 0) is 10.2 Å². The molecule has 2 aromatic rings. The molecule has 132 valence electrons. The minimum absolute atomic E-state index is 0. The summed E-state index contributed by atoms with van der Waals surface area (Å²) in [5, 5.41) is 2.87. The summed E-state index contributed by atoms with van der Waals surface area (Å²) in [5.41, 5.74) is 0.896. The van der Waals surface area contributed by atoms with E-state index in [2.05, 4.69) is 17.2 Å². The summed E-state index contributed by atoms with van der Waals surface area (Å²) >= 11 is 0. The van der Waals surface area contributed by atoms with E-state index >= 15 is 0 Å². The van der Waals surface area contributed by atoms with Gasteiger partial charge in [0.1, 0.15) is 5.82 Å². The first-order valence-corrected chi connectivity index (χ1v) is 8.74. The maximum atomic E-state index is 14.2. The standard InChI is InChI=1S/C17H16FN3O2S.ClH/c1-19-12-6-7-13-20-16-10-4-5-11-17(16)21(24(20,22)23)15-9-3-2-8-14(15)18;/h2-5,8-11,19H,12-13H2,1H3;1H. The fourth-order valence-corrected chi connectivity index (χ4v) is 4.14. The topological polar surface area (TPSA) is 52.6 Å². The first-order valence-electron chi connectivity index (χ1n) is 7.34. The van der Waals surface area contributed by atoms with Crippen LogP contribution in [0.2, 0.25) is 0 Å². The maximum absolute atomic E-state index is 14.2. The lowest BCUT2D eigenvalue weighted by atomic mass is 10.2. The van der Waals surface area contributed by atoms with Crippen LogP contribution < -0.4 is 13.9 Å². The van der Waals surface area contributed by atoms with E-state index in [-0.39, 0.29) is 24.6 Å². The zero-order valence-corrected chi connectivity index (χ0v) is 15.1. The number of fused-ring (bicyclic) bond motifs is 1. The highest BCUT2D eigenvalue weighted by atomic mass is 35.5. The quantitative estimate of drug-likeness (QED) is 0.832. The molecule has 8 heteroatoms. The Morgan fingerprint density at radius 3 is 2.24 bits per heavy atom. The van der Waals surface area contributed by atoms with Gasteiger partial charge in [-0.05, 0) is 31.3 Å². The van der Waals surface area contributed by atoms with Crippen LogP contribution in [0.3, 0.4) is 0 Å². The number of anilines is 3. The van der Waals surface area contributed by atoms with E-state index in [9.17, 15) is 12.8 Å². The van der Waals surface area contributed by atoms with Crippen molar-refractivity contribution in [1.29, 1.82) is 0 Å². The van der Waals surface area contributed by atoms with E-state index in [4.69, 9.17) is 0 Å². The molecule has 0 aromatic heterocycles. The Labute approximate surface area is 153 Å². The van der Waals surface area contributed by atoms with Crippen LogP contribution in [0, 0.1) is 17.7 Å². The summed E-state index contributed by atoms with van der Waals surface area (Å²) in [6.45, 7) is 0.471. The predicted octanol–water partition coefficient (Wildman–Crippen LogP) is 2.67. The highest BCUT2D eigenvalue weighted by Crippen LogP contribution is 2.45. The zero-order chi connectivity index (χ0) is 17.2. The second-order valence-electron chi connectivity index (χ2n) is 5.10. The van der Waals surface area contributed by atoms with Gasteiger partial charge in [0.15, 0.2) is 0 Å². The van der Waals surface area contributed by atoms with Gasteiger partial charge in [-0.2, -0.15) is 8.42 Å². The van der Waals surface area contributed by atoms with Crippen LogP contribution in [0.25, 0.3) is 0 Å². The van der Waals surface area contributed by atoms with Crippen molar-refractivity contribution in [2.75, 3.05) is 28.7 Å². The molecule has 0 saturated carbocycles. The minimum Gasteiger partial charge on any atom is -0.309 e. The average molecular weight is 382 g/mol. The van der Waals surface area contributed by atoms with Crippen molar-refractivity contribution in [2.45, 2.75) is 0 Å². The lowest BCUT2D eigenvalue weighted by Gasteiger charge is -2.20. The molecule has 0 bridgehead atoms. The molecule has 0 aliphatic carbocycles. The van der Waals surface area contributed by atoms with E-state index in [1.807, 2.05) is 0 Å². The number of nitrogens with one attached hydrogen (secondary N) is 1. The number of hydrogen-bond acceptors (Lipinski definition) is 3. The Bertz CT molecular complexity index is 925. The molecular weight excluding hydrogens is 365 g/mol. The van der Waals surface area contributed by atoms with Crippen molar-refractivity contribution in [3.8, 4) is 11.8 Å². The Morgan fingerprint density at radius 1 is 1.00 bits per heavy atom. The molecule has 1 heterocycles. The Hall–Kier alpha value is -2.27. The Kier molecular flexibility index (Phi) is 5.90. The van der Waals surface area contributed by atoms with Gasteiger partial charge in [-0.3, -0.25) is 0 Å². The van der Waals surface area contributed by atoms with Gasteiger partial charge >= 0.3 is 10.2 Å². The monoisotopic (exact) mass is 381 g/mol. The minimum atomic E-state index is -3.95. The molecule has 3 rings (SSSR count). The predicted molar refractivity (Wildman–Crippen MR) is 100 cm³/mol. The fraction of sp³-hybridized carbons (Fsp3) is 0.176. The second kappa shape index (κ2) is 7.74. The number of halogens is 2. The van der Waals surface area contributed by atoms with E-state index in [0.717, 1.165) is 4.31 Å². The maximum Gasteiger partial charge on any atom is 0.331 e. The summed E-state index contributed by atoms with van der Waals surface area (Å²) in [6, 6.07) is 12.6. The summed E-state index contributed by atoms with van der Waals surface area (Å²) in [6.07, 6.45) is 0. The first-order chi connectivity index (χ1) is 11.6. The largest absolute Gasteiger partial charge is 0.331 e. The van der Waals surface area contributed by atoms with Gasteiger partial charge < -0.3 is 5.32 Å². The molecular formula is C17H17ClFN3O2S. The van der Waals surface area contributed by atoms with Gasteiger partial charge in [0, 0.05) is 0 Å². The van der Waals surface area contributed by atoms with E-state index < -0.39 is 16.0 Å². The molecule has 1 N–H and O–H groups in total. The van der Waals surface area contributed by atoms with Crippen LogP contribution in [0.1, 0.15) is 0 Å². The van der Waals surface area contributed by atoms with Crippen molar-refractivity contribution in [2.24, 2.45) is 0 Å². The molecule has 0 unspecified atom stereocenters. The van der Waals surface area contributed by atoms with Gasteiger partial charge in [0.2, 0.25) is 0 Å². The average Bonchev–Trinajstić information content (AvgIpc) is 2.79. The summed E-state index contributed by atoms with van der Waals surface area (Å²) in [4.78, 5) is 0. The van der Waals surface area contributed by atoms with Crippen molar-refractivity contribution in [1.82, 2.24) is 5.32 Å². The highest BCUT2D eigenvalue weighted by molar-refractivity contribution is 7.95. The summed E-state index contributed by atoms with van der Waals surface area (Å²) in [7, 11) is -2.19. The second-order valence-corrected chi connectivity index (χ2v) is 6.80. The van der Waals surface area contributed by atoms with Crippen LogP contribution >= 0.6 is 12.4 Å². The molecule has 1 aliphatic heterocycles. The molecule has 0 amide bonds. The SMILES string of the molecule is CNCC#CCN1c2ccccc2N(c2ccccc2F)S1(=O)=O.Cl. The third-order valence-electron chi connectivity index (χ3n) is 3.56. The molecule has 1 aliphatic rings.